The minimum absolute atomic E-state index is 0.0923. The number of nitrogens with zero attached hydrogens (tertiary/aromatic N) is 6. The van der Waals surface area contributed by atoms with E-state index in [2.05, 4.69) is 35.0 Å². The quantitative estimate of drug-likeness (QED) is 0.175. The molecule has 2 aromatic heterocycles. The van der Waals surface area contributed by atoms with E-state index in [-0.39, 0.29) is 16.4 Å². The largest absolute Gasteiger partial charge is 0.857 e. The number of hydrogen-bond donors (Lipinski definition) is 2. The maximum Gasteiger partial charge on any atom is 0.418 e. The second kappa shape index (κ2) is 12.5. The van der Waals surface area contributed by atoms with Crippen molar-refractivity contribution in [3.05, 3.63) is 62.9 Å². The molecule has 0 unspecified atom stereocenters. The number of oxime groups is 1. The third-order valence-corrected chi connectivity index (χ3v) is 7.40. The number of piperidine rings is 1. The summed E-state index contributed by atoms with van der Waals surface area (Å²) in [5, 5.41) is 27.4. The average Bonchev–Trinajstić information content (AvgIpc) is 3.40. The van der Waals surface area contributed by atoms with Crippen molar-refractivity contribution in [3.63, 3.8) is 0 Å². The zero-order chi connectivity index (χ0) is 28.9. The smallest absolute Gasteiger partial charge is 0.418 e. The van der Waals surface area contributed by atoms with E-state index in [4.69, 9.17) is 16.8 Å². The molecule has 0 saturated carbocycles. The van der Waals surface area contributed by atoms with Crippen LogP contribution in [0.5, 0.6) is 0 Å². The number of carbonyl (C=O) groups excluding carboxylic acids is 1. The Morgan fingerprint density at radius 2 is 2.02 bits per heavy atom. The molecule has 2 N–H and O–H groups in total. The molecular formula is C25H23ClF3N7O3S. The van der Waals surface area contributed by atoms with E-state index in [1.165, 1.54) is 6.20 Å². The molecule has 0 spiro atoms. The third-order valence-electron chi connectivity index (χ3n) is 5.93. The van der Waals surface area contributed by atoms with Gasteiger partial charge < -0.3 is 15.6 Å². The Balaban J connectivity index is 1.50. The highest BCUT2D eigenvalue weighted by atomic mass is 35.5. The topological polar surface area (TPSA) is 138 Å². The molecule has 15 heteroatoms. The van der Waals surface area contributed by atoms with E-state index < -0.39 is 34.6 Å². The second-order valence-corrected chi connectivity index (χ2v) is 10.2. The molecule has 1 fully saturated rings. The summed E-state index contributed by atoms with van der Waals surface area (Å²) in [6, 6.07) is -0.0747. The number of anilines is 1. The number of allylic oxidation sites excluding steroid dienone is 3. The number of halogens is 4. The normalized spacial score (nSPS) is 17.3. The lowest BCUT2D eigenvalue weighted by atomic mass is 10.1. The fourth-order valence-corrected chi connectivity index (χ4v) is 4.86. The van der Waals surface area contributed by atoms with E-state index in [0.717, 1.165) is 29.0 Å². The Bertz CT molecular complexity index is 1470. The Labute approximate surface area is 235 Å². The lowest BCUT2D eigenvalue weighted by molar-refractivity contribution is -0.527. The number of amides is 1. The van der Waals surface area contributed by atoms with Gasteiger partial charge in [0, 0.05) is 49.7 Å². The van der Waals surface area contributed by atoms with Gasteiger partial charge in [0.2, 0.25) is 5.71 Å². The van der Waals surface area contributed by atoms with Gasteiger partial charge >= 0.3 is 6.18 Å². The fraction of sp³-hybridized carbons (Fsp3) is 0.320. The summed E-state index contributed by atoms with van der Waals surface area (Å²) in [7, 11) is 0. The Hall–Kier alpha value is -3.91. The first-order valence-corrected chi connectivity index (χ1v) is 13.2. The van der Waals surface area contributed by atoms with Gasteiger partial charge in [-0.15, -0.1) is 11.3 Å². The number of nitrogens with one attached hydrogen (secondary N) is 1. The molecule has 2 aliphatic heterocycles. The van der Waals surface area contributed by atoms with Crippen LogP contribution < -0.4 is 10.4 Å². The summed E-state index contributed by atoms with van der Waals surface area (Å²) in [5.41, 5.74) is 0.525. The van der Waals surface area contributed by atoms with Gasteiger partial charge in [-0.25, -0.2) is 14.5 Å². The summed E-state index contributed by atoms with van der Waals surface area (Å²) in [4.78, 5) is 29.0. The summed E-state index contributed by atoms with van der Waals surface area (Å²) >= 11 is 6.52. The standard InChI is InChI=1S/C25H23ClF3N7O3S/c1-14(24-32-13-20(40-24)23(38)34-21-11-17(25(27,28)29)18(26)12-31-21)33-22(37)19-10-16(4-2-3-7-30-19)36-8-5-15(35-39)6-9-36/h2,4,7,10-14H,3,5-6,8-9H2,1H3,(H2-,31,33,34,37,38,39)/t14-/m1/s1. The molecule has 210 valence electrons. The number of thiazole rings is 1. The van der Waals surface area contributed by atoms with Crippen molar-refractivity contribution in [2.45, 2.75) is 38.4 Å². The van der Waals surface area contributed by atoms with Crippen molar-refractivity contribution in [1.82, 2.24) is 9.97 Å². The van der Waals surface area contributed by atoms with Gasteiger partial charge in [0.15, 0.2) is 0 Å². The second-order valence-electron chi connectivity index (χ2n) is 8.73. The summed E-state index contributed by atoms with van der Waals surface area (Å²) in [6.07, 6.45) is 6.17. The van der Waals surface area contributed by atoms with Crippen LogP contribution in [0, 0.1) is 0 Å². The minimum Gasteiger partial charge on any atom is -0.857 e. The van der Waals surface area contributed by atoms with Crippen LogP contribution in [-0.4, -0.2) is 62.3 Å². The highest BCUT2D eigenvalue weighted by Gasteiger charge is 2.34. The van der Waals surface area contributed by atoms with Gasteiger partial charge in [-0.1, -0.05) is 22.8 Å². The number of pyridine rings is 1. The number of aromatic nitrogens is 2. The van der Waals surface area contributed by atoms with Crippen LogP contribution >= 0.6 is 22.9 Å². The Kier molecular flexibility index (Phi) is 9.10. The van der Waals surface area contributed by atoms with Gasteiger partial charge in [-0.3, -0.25) is 14.8 Å². The molecule has 0 radical (unpaired) electrons. The SMILES string of the molecule is C[C@@H](N=C([O-])C1=CC(=[N+]2CCC(=NO)CC2)C=CCC=N1)c1ncc(C(=O)Nc2cc(C(F)(F)F)c(Cl)cn2)s1. The van der Waals surface area contributed by atoms with Crippen molar-refractivity contribution in [1.29, 1.82) is 0 Å². The molecule has 10 nitrogen and oxygen atoms in total. The van der Waals surface area contributed by atoms with Gasteiger partial charge in [0.1, 0.15) is 28.8 Å². The van der Waals surface area contributed by atoms with Crippen LogP contribution in [0.15, 0.2) is 57.5 Å². The molecule has 2 aliphatic rings. The molecule has 4 heterocycles. The van der Waals surface area contributed by atoms with Crippen molar-refractivity contribution in [2.24, 2.45) is 15.1 Å². The molecule has 4 rings (SSSR count). The van der Waals surface area contributed by atoms with Crippen LogP contribution in [0.25, 0.3) is 0 Å². The molecule has 0 aromatic carbocycles. The highest BCUT2D eigenvalue weighted by molar-refractivity contribution is 7.13. The Morgan fingerprint density at radius 1 is 1.27 bits per heavy atom. The monoisotopic (exact) mass is 593 g/mol. The molecule has 2 aromatic rings. The van der Waals surface area contributed by atoms with Crippen LogP contribution in [0.3, 0.4) is 0 Å². The summed E-state index contributed by atoms with van der Waals surface area (Å²) in [6.45, 7) is 2.88. The van der Waals surface area contributed by atoms with Gasteiger partial charge in [0.05, 0.1) is 34.2 Å². The van der Waals surface area contributed by atoms with Crippen LogP contribution in [0.2, 0.25) is 5.02 Å². The molecule has 0 aliphatic carbocycles. The van der Waals surface area contributed by atoms with Crippen LogP contribution in [-0.2, 0) is 6.18 Å². The predicted octanol–water partition coefficient (Wildman–Crippen LogP) is 4.27. The van der Waals surface area contributed by atoms with Crippen molar-refractivity contribution in [3.8, 4) is 0 Å². The van der Waals surface area contributed by atoms with Crippen molar-refractivity contribution >= 4 is 58.2 Å². The lowest BCUT2D eigenvalue weighted by Crippen LogP contribution is -2.31. The molecule has 0 bridgehead atoms. The predicted molar refractivity (Wildman–Crippen MR) is 144 cm³/mol. The molecule has 1 saturated heterocycles. The first kappa shape index (κ1) is 29.1. The van der Waals surface area contributed by atoms with E-state index in [1.807, 2.05) is 12.2 Å². The van der Waals surface area contributed by atoms with Crippen molar-refractivity contribution in [2.75, 3.05) is 18.4 Å². The highest BCUT2D eigenvalue weighted by Crippen LogP contribution is 2.35. The number of hydrogen-bond acceptors (Lipinski definition) is 9. The zero-order valence-corrected chi connectivity index (χ0v) is 22.6. The fourth-order valence-electron chi connectivity index (χ4n) is 3.85. The van der Waals surface area contributed by atoms with E-state index in [9.17, 15) is 23.1 Å². The van der Waals surface area contributed by atoms with E-state index in [1.54, 1.807) is 19.2 Å². The van der Waals surface area contributed by atoms with E-state index >= 15 is 0 Å². The average molecular weight is 594 g/mol. The number of rotatable bonds is 5. The first-order valence-electron chi connectivity index (χ1n) is 12.0. The lowest BCUT2D eigenvalue weighted by Gasteiger charge is -2.16. The van der Waals surface area contributed by atoms with Crippen LogP contribution in [0.1, 0.15) is 52.5 Å². The zero-order valence-electron chi connectivity index (χ0n) is 21.0. The van der Waals surface area contributed by atoms with Crippen LogP contribution in [0.4, 0.5) is 19.0 Å². The minimum atomic E-state index is -4.71. The van der Waals surface area contributed by atoms with Crippen molar-refractivity contribution < 1.29 is 32.9 Å². The molecule has 1 amide bonds. The molecular weight excluding hydrogens is 571 g/mol. The maximum absolute atomic E-state index is 13.1. The first-order chi connectivity index (χ1) is 19.0. The van der Waals surface area contributed by atoms with Gasteiger partial charge in [-0.2, -0.15) is 13.2 Å². The Morgan fingerprint density at radius 3 is 2.73 bits per heavy atom. The number of alkyl halides is 3. The maximum atomic E-state index is 13.1. The van der Waals surface area contributed by atoms with Gasteiger partial charge in [0.25, 0.3) is 5.91 Å². The number of aliphatic imine (C=N–C) groups is 2. The van der Waals surface area contributed by atoms with Gasteiger partial charge in [-0.05, 0) is 13.0 Å². The molecule has 40 heavy (non-hydrogen) atoms. The third kappa shape index (κ3) is 7.18. The summed E-state index contributed by atoms with van der Waals surface area (Å²) in [5.74, 6) is -1.62. The van der Waals surface area contributed by atoms with E-state index in [0.29, 0.717) is 43.4 Å². The molecule has 1 atom stereocenters. The number of carbonyl (C=O) groups is 1. The summed E-state index contributed by atoms with van der Waals surface area (Å²) < 4.78 is 41.4.